The van der Waals surface area contributed by atoms with Gasteiger partial charge in [0.05, 0.1) is 0 Å². The van der Waals surface area contributed by atoms with Crippen LogP contribution in [0.5, 0.6) is 0 Å². The molecule has 1 saturated heterocycles. The van der Waals surface area contributed by atoms with Crippen molar-refractivity contribution in [2.24, 2.45) is 11.8 Å². The third-order valence-electron chi connectivity index (χ3n) is 5.65. The van der Waals surface area contributed by atoms with Gasteiger partial charge in [0.25, 0.3) is 0 Å². The minimum Gasteiger partial charge on any atom is -0.313 e. The van der Waals surface area contributed by atoms with E-state index in [0.29, 0.717) is 6.04 Å². The van der Waals surface area contributed by atoms with Crippen LogP contribution in [0.25, 0.3) is 0 Å². The van der Waals surface area contributed by atoms with Crippen molar-refractivity contribution < 1.29 is 0 Å². The molecule has 118 valence electrons. The molecule has 0 spiro atoms. The van der Waals surface area contributed by atoms with Gasteiger partial charge in [-0.05, 0) is 64.3 Å². The maximum Gasteiger partial charge on any atom is 0.0195 e. The van der Waals surface area contributed by atoms with Crippen LogP contribution in [0.2, 0.25) is 0 Å². The van der Waals surface area contributed by atoms with Crippen LogP contribution < -0.4 is 5.32 Å². The summed E-state index contributed by atoms with van der Waals surface area (Å²) in [4.78, 5) is 2.81. The molecule has 2 fully saturated rings. The highest BCUT2D eigenvalue weighted by atomic mass is 15.2. The molecule has 2 heteroatoms. The smallest absolute Gasteiger partial charge is 0.0195 e. The molecular weight excluding hydrogens is 244 g/mol. The number of hydrogen-bond acceptors (Lipinski definition) is 2. The lowest BCUT2D eigenvalue weighted by Gasteiger charge is -2.36. The molecule has 20 heavy (non-hydrogen) atoms. The third-order valence-corrected chi connectivity index (χ3v) is 5.65. The van der Waals surface area contributed by atoms with Crippen LogP contribution in [0.15, 0.2) is 0 Å². The molecule has 1 N–H and O–H groups in total. The van der Waals surface area contributed by atoms with Crippen molar-refractivity contribution in [2.45, 2.75) is 90.8 Å². The molecular formula is C18H36N2. The van der Waals surface area contributed by atoms with Gasteiger partial charge in [0, 0.05) is 24.7 Å². The van der Waals surface area contributed by atoms with Gasteiger partial charge in [0.1, 0.15) is 0 Å². The fraction of sp³-hybridized carbons (Fsp3) is 1.00. The largest absolute Gasteiger partial charge is 0.313 e. The molecule has 0 aromatic heterocycles. The molecule has 2 nitrogen and oxygen atoms in total. The molecule has 0 radical (unpaired) electrons. The number of nitrogens with zero attached hydrogens (tertiary/aromatic N) is 1. The first-order valence-corrected chi connectivity index (χ1v) is 9.07. The monoisotopic (exact) mass is 280 g/mol. The lowest BCUT2D eigenvalue weighted by Crippen LogP contribution is -2.46. The molecule has 3 atom stereocenters. The Labute approximate surface area is 126 Å². The van der Waals surface area contributed by atoms with E-state index in [1.807, 2.05) is 0 Å². The van der Waals surface area contributed by atoms with Gasteiger partial charge < -0.3 is 5.32 Å². The maximum absolute atomic E-state index is 3.68. The molecule has 0 aromatic carbocycles. The molecule has 0 aromatic rings. The van der Waals surface area contributed by atoms with Crippen LogP contribution in [0.4, 0.5) is 0 Å². The van der Waals surface area contributed by atoms with Crippen LogP contribution in [0.1, 0.15) is 72.6 Å². The maximum atomic E-state index is 3.68. The topological polar surface area (TPSA) is 15.3 Å². The summed E-state index contributed by atoms with van der Waals surface area (Å²) in [7, 11) is 0. The third kappa shape index (κ3) is 4.46. The highest BCUT2D eigenvalue weighted by Gasteiger charge is 2.28. The van der Waals surface area contributed by atoms with E-state index >= 15 is 0 Å². The van der Waals surface area contributed by atoms with Crippen LogP contribution in [-0.2, 0) is 0 Å². The first kappa shape index (κ1) is 16.3. The van der Waals surface area contributed by atoms with Gasteiger partial charge in [-0.3, -0.25) is 4.90 Å². The minimum absolute atomic E-state index is 0.693. The summed E-state index contributed by atoms with van der Waals surface area (Å²) in [5, 5.41) is 3.68. The van der Waals surface area contributed by atoms with Crippen LogP contribution in [-0.4, -0.2) is 36.1 Å². The molecule has 1 aliphatic carbocycles. The number of hydrogen-bond donors (Lipinski definition) is 1. The van der Waals surface area contributed by atoms with Gasteiger partial charge in [-0.1, -0.05) is 26.7 Å². The van der Waals surface area contributed by atoms with Crippen LogP contribution in [0.3, 0.4) is 0 Å². The minimum atomic E-state index is 0.693. The first-order chi connectivity index (χ1) is 9.58. The van der Waals surface area contributed by atoms with E-state index in [9.17, 15) is 0 Å². The van der Waals surface area contributed by atoms with Gasteiger partial charge in [-0.15, -0.1) is 0 Å². The normalized spacial score (nSPS) is 32.2. The fourth-order valence-corrected chi connectivity index (χ4v) is 4.26. The number of nitrogens with one attached hydrogen (secondary N) is 1. The van der Waals surface area contributed by atoms with E-state index in [1.54, 1.807) is 0 Å². The average Bonchev–Trinajstić information content (AvgIpc) is 2.78. The lowest BCUT2D eigenvalue weighted by molar-refractivity contribution is 0.125. The van der Waals surface area contributed by atoms with Crippen LogP contribution in [0, 0.1) is 11.8 Å². The second-order valence-electron chi connectivity index (χ2n) is 7.75. The summed E-state index contributed by atoms with van der Waals surface area (Å²) in [6.07, 6.45) is 9.95. The average molecular weight is 281 g/mol. The fourth-order valence-electron chi connectivity index (χ4n) is 4.26. The Morgan fingerprint density at radius 2 is 1.75 bits per heavy atom. The molecule has 2 rings (SSSR count). The van der Waals surface area contributed by atoms with Gasteiger partial charge in [-0.2, -0.15) is 0 Å². The molecule has 2 aliphatic rings. The van der Waals surface area contributed by atoms with Gasteiger partial charge in [0.15, 0.2) is 0 Å². The Hall–Kier alpha value is -0.0800. The zero-order chi connectivity index (χ0) is 14.5. The van der Waals surface area contributed by atoms with E-state index in [2.05, 4.69) is 37.9 Å². The van der Waals surface area contributed by atoms with Gasteiger partial charge in [0.2, 0.25) is 0 Å². The van der Waals surface area contributed by atoms with Crippen molar-refractivity contribution >= 4 is 0 Å². The van der Waals surface area contributed by atoms with E-state index in [4.69, 9.17) is 0 Å². The van der Waals surface area contributed by atoms with Gasteiger partial charge in [-0.25, -0.2) is 0 Å². The second kappa shape index (κ2) is 7.79. The summed E-state index contributed by atoms with van der Waals surface area (Å²) in [6.45, 7) is 12.1. The Bertz CT molecular complexity index is 269. The standard InChI is InChI=1S/C18H36N2/c1-14(2)16-7-5-9-18(11-10-16)20(15(3)4)13-17-8-6-12-19-17/h14-19H,5-13H2,1-4H3. The Kier molecular flexibility index (Phi) is 6.35. The summed E-state index contributed by atoms with van der Waals surface area (Å²) in [5.74, 6) is 1.84. The molecule has 3 unspecified atom stereocenters. The SMILES string of the molecule is CC(C)C1CCCC(N(CC2CCCN2)C(C)C)CC1. The summed E-state index contributed by atoms with van der Waals surface area (Å²) in [5.41, 5.74) is 0. The van der Waals surface area contributed by atoms with E-state index in [-0.39, 0.29) is 0 Å². The summed E-state index contributed by atoms with van der Waals surface area (Å²) in [6, 6.07) is 2.28. The molecule has 1 saturated carbocycles. The molecule has 0 amide bonds. The second-order valence-corrected chi connectivity index (χ2v) is 7.75. The highest BCUT2D eigenvalue weighted by molar-refractivity contribution is 4.85. The predicted octanol–water partition coefficient (Wildman–Crippen LogP) is 4.05. The van der Waals surface area contributed by atoms with Crippen molar-refractivity contribution in [1.29, 1.82) is 0 Å². The molecule has 1 heterocycles. The van der Waals surface area contributed by atoms with E-state index in [0.717, 1.165) is 23.9 Å². The van der Waals surface area contributed by atoms with E-state index < -0.39 is 0 Å². The highest BCUT2D eigenvalue weighted by Crippen LogP contribution is 2.31. The van der Waals surface area contributed by atoms with Crippen molar-refractivity contribution in [3.63, 3.8) is 0 Å². The zero-order valence-electron chi connectivity index (χ0n) is 14.2. The predicted molar refractivity (Wildman–Crippen MR) is 88.1 cm³/mol. The lowest BCUT2D eigenvalue weighted by atomic mass is 9.89. The summed E-state index contributed by atoms with van der Waals surface area (Å²) < 4.78 is 0. The van der Waals surface area contributed by atoms with Gasteiger partial charge >= 0.3 is 0 Å². The van der Waals surface area contributed by atoms with Crippen molar-refractivity contribution in [1.82, 2.24) is 10.2 Å². The Balaban J connectivity index is 1.91. The number of rotatable bonds is 5. The van der Waals surface area contributed by atoms with Crippen molar-refractivity contribution in [3.8, 4) is 0 Å². The quantitative estimate of drug-likeness (QED) is 0.764. The van der Waals surface area contributed by atoms with Crippen molar-refractivity contribution in [3.05, 3.63) is 0 Å². The molecule has 1 aliphatic heterocycles. The summed E-state index contributed by atoms with van der Waals surface area (Å²) >= 11 is 0. The Morgan fingerprint density at radius 3 is 2.35 bits per heavy atom. The Morgan fingerprint density at radius 1 is 0.950 bits per heavy atom. The van der Waals surface area contributed by atoms with Crippen LogP contribution >= 0.6 is 0 Å². The zero-order valence-corrected chi connectivity index (χ0v) is 14.2. The molecule has 0 bridgehead atoms. The van der Waals surface area contributed by atoms with E-state index in [1.165, 1.54) is 58.0 Å². The first-order valence-electron chi connectivity index (χ1n) is 9.07. The van der Waals surface area contributed by atoms with Crippen molar-refractivity contribution in [2.75, 3.05) is 13.1 Å².